The first-order valence-electron chi connectivity index (χ1n) is 9.08. The van der Waals surface area contributed by atoms with Crippen LogP contribution in [0.25, 0.3) is 0 Å². The molecule has 0 aliphatic heterocycles. The van der Waals surface area contributed by atoms with E-state index in [1.807, 2.05) is 0 Å². The minimum Gasteiger partial charge on any atom is -0.328 e. The molecule has 0 aromatic carbocycles. The van der Waals surface area contributed by atoms with Gasteiger partial charge in [-0.05, 0) is 37.0 Å². The summed E-state index contributed by atoms with van der Waals surface area (Å²) in [5.74, 6) is 2.90. The molecule has 0 N–H and O–H groups in total. The van der Waals surface area contributed by atoms with Crippen molar-refractivity contribution in [1.29, 1.82) is 0 Å². The van der Waals surface area contributed by atoms with E-state index in [2.05, 4.69) is 32.8 Å². The molecule has 2 saturated carbocycles. The summed E-state index contributed by atoms with van der Waals surface area (Å²) in [5, 5.41) is 0. The van der Waals surface area contributed by atoms with E-state index in [1.165, 1.54) is 70.6 Å². The zero-order valence-electron chi connectivity index (χ0n) is 15.1. The molecular formula is C20H34UW2. The molecule has 0 radical (unpaired) electrons. The van der Waals surface area contributed by atoms with Crippen LogP contribution in [0.4, 0.5) is 0 Å². The van der Waals surface area contributed by atoms with Gasteiger partial charge in [-0.1, -0.05) is 51.2 Å². The van der Waals surface area contributed by atoms with Crippen LogP contribution in [0.5, 0.6) is 0 Å². The Morgan fingerprint density at radius 1 is 0.783 bits per heavy atom. The van der Waals surface area contributed by atoms with Gasteiger partial charge in [-0.3, -0.25) is 0 Å². The molecule has 0 aromatic rings. The van der Waals surface area contributed by atoms with Crippen molar-refractivity contribution in [3.05, 3.63) is 24.5 Å². The summed E-state index contributed by atoms with van der Waals surface area (Å²) < 4.78 is 0. The smallest absolute Gasteiger partial charge is 0.328 e. The SMILES string of the molecule is CC1CC=C(C2CC[CH-]CC2)CC1.CC1CC[CH-]CC1.[U+2].[W].[W]. The van der Waals surface area contributed by atoms with E-state index >= 15 is 0 Å². The Labute approximate surface area is 198 Å². The standard InChI is InChI=1S/C13H21.C7H13.U.2W/c1-11-7-9-13(10-8-11)12-5-3-2-4-6-12;1-7-5-3-2-4-6-7;;;/h2,9,11-12H,3-8,10H2,1H3;2,7H,3-6H2,1H3;;;/q2*-1;+2;;. The van der Waals surface area contributed by atoms with Crippen molar-refractivity contribution >= 4 is 0 Å². The van der Waals surface area contributed by atoms with Gasteiger partial charge in [0.1, 0.15) is 0 Å². The molecular weight excluding hydrogens is 846 g/mol. The van der Waals surface area contributed by atoms with Crippen LogP contribution in [0.3, 0.4) is 0 Å². The molecule has 0 aromatic heterocycles. The van der Waals surface area contributed by atoms with E-state index < -0.39 is 0 Å². The quantitative estimate of drug-likeness (QED) is 0.208. The molecule has 0 spiro atoms. The Bertz CT molecular complexity index is 292. The van der Waals surface area contributed by atoms with E-state index in [0.29, 0.717) is 0 Å². The molecule has 0 heterocycles. The van der Waals surface area contributed by atoms with Gasteiger partial charge in [0.2, 0.25) is 0 Å². The average molecular weight is 880 g/mol. The first-order valence-corrected chi connectivity index (χ1v) is 9.08. The Hall–Kier alpha value is 2.17. The van der Waals surface area contributed by atoms with Crippen molar-refractivity contribution in [2.75, 3.05) is 0 Å². The Morgan fingerprint density at radius 2 is 1.30 bits per heavy atom. The Morgan fingerprint density at radius 3 is 1.70 bits per heavy atom. The van der Waals surface area contributed by atoms with Crippen molar-refractivity contribution in [1.82, 2.24) is 0 Å². The molecule has 3 heteroatoms. The first-order chi connectivity index (χ1) is 9.75. The number of hydrogen-bond donors (Lipinski definition) is 0. The largest absolute Gasteiger partial charge is 2.00 e. The molecule has 3 aliphatic rings. The van der Waals surface area contributed by atoms with Crippen molar-refractivity contribution in [2.45, 2.75) is 84.5 Å². The third-order valence-corrected chi connectivity index (χ3v) is 5.40. The van der Waals surface area contributed by atoms with Gasteiger partial charge in [-0.2, -0.15) is 25.7 Å². The van der Waals surface area contributed by atoms with Crippen molar-refractivity contribution in [3.63, 3.8) is 0 Å². The van der Waals surface area contributed by atoms with Crippen molar-refractivity contribution in [3.8, 4) is 0 Å². The van der Waals surface area contributed by atoms with E-state index in [4.69, 9.17) is 0 Å². The molecule has 0 bridgehead atoms. The van der Waals surface area contributed by atoms with Crippen molar-refractivity contribution < 1.29 is 73.2 Å². The summed E-state index contributed by atoms with van der Waals surface area (Å²) >= 11 is 0. The van der Waals surface area contributed by atoms with Gasteiger partial charge >= 0.3 is 31.1 Å². The van der Waals surface area contributed by atoms with E-state index in [-0.39, 0.29) is 73.2 Å². The van der Waals surface area contributed by atoms with Gasteiger partial charge < -0.3 is 12.8 Å². The van der Waals surface area contributed by atoms with Crippen LogP contribution in [0.1, 0.15) is 84.5 Å². The third-order valence-electron chi connectivity index (χ3n) is 5.40. The summed E-state index contributed by atoms with van der Waals surface area (Å²) in [4.78, 5) is 0. The van der Waals surface area contributed by atoms with Crippen LogP contribution in [0.15, 0.2) is 11.6 Å². The van der Waals surface area contributed by atoms with Crippen molar-refractivity contribution in [2.24, 2.45) is 17.8 Å². The molecule has 3 aliphatic carbocycles. The maximum absolute atomic E-state index is 2.55. The molecule has 2 fully saturated rings. The van der Waals surface area contributed by atoms with Gasteiger partial charge in [-0.25, -0.2) is 0 Å². The fourth-order valence-corrected chi connectivity index (χ4v) is 3.75. The first kappa shape index (κ1) is 27.4. The molecule has 0 amide bonds. The summed E-state index contributed by atoms with van der Waals surface area (Å²) in [6.07, 6.45) is 22.7. The van der Waals surface area contributed by atoms with Gasteiger partial charge in [0, 0.05) is 42.1 Å². The average Bonchev–Trinajstić information content (AvgIpc) is 2.50. The van der Waals surface area contributed by atoms with E-state index in [1.54, 1.807) is 5.57 Å². The Balaban J connectivity index is 0. The van der Waals surface area contributed by atoms with Gasteiger partial charge in [0.05, 0.1) is 0 Å². The number of hydrogen-bond acceptors (Lipinski definition) is 0. The minimum atomic E-state index is 0. The molecule has 130 valence electrons. The molecule has 23 heavy (non-hydrogen) atoms. The maximum Gasteiger partial charge on any atom is 2.00 e. The third kappa shape index (κ3) is 11.5. The fraction of sp³-hybridized carbons (Fsp3) is 0.800. The number of allylic oxidation sites excluding steroid dienone is 2. The van der Waals surface area contributed by atoms with Gasteiger partial charge in [-0.15, -0.1) is 0 Å². The van der Waals surface area contributed by atoms with Crippen LogP contribution in [0.2, 0.25) is 0 Å². The normalized spacial score (nSPS) is 25.5. The molecule has 1 unspecified atom stereocenters. The fourth-order valence-electron chi connectivity index (χ4n) is 3.75. The van der Waals surface area contributed by atoms with Crippen LogP contribution in [0, 0.1) is 61.7 Å². The predicted molar refractivity (Wildman–Crippen MR) is 89.3 cm³/mol. The van der Waals surface area contributed by atoms with E-state index in [9.17, 15) is 0 Å². The van der Waals surface area contributed by atoms with Gasteiger partial charge in [0.15, 0.2) is 0 Å². The topological polar surface area (TPSA) is 0 Å². The molecule has 1 atom stereocenters. The van der Waals surface area contributed by atoms with Crippen LogP contribution >= 0.6 is 0 Å². The molecule has 3 rings (SSSR count). The summed E-state index contributed by atoms with van der Waals surface area (Å²) in [7, 11) is 0. The van der Waals surface area contributed by atoms with Gasteiger partial charge in [0.25, 0.3) is 0 Å². The second kappa shape index (κ2) is 16.4. The van der Waals surface area contributed by atoms with Crippen LogP contribution in [-0.4, -0.2) is 0 Å². The summed E-state index contributed by atoms with van der Waals surface area (Å²) in [5.41, 5.74) is 1.80. The van der Waals surface area contributed by atoms with Crippen LogP contribution < -0.4 is 0 Å². The zero-order valence-corrected chi connectivity index (χ0v) is 25.1. The second-order valence-electron chi connectivity index (χ2n) is 7.35. The number of rotatable bonds is 1. The minimum absolute atomic E-state index is 0. The maximum atomic E-state index is 2.55. The summed E-state index contributed by atoms with van der Waals surface area (Å²) in [6.45, 7) is 4.72. The monoisotopic (exact) mass is 880 g/mol. The Kier molecular flexibility index (Phi) is 19.5. The summed E-state index contributed by atoms with van der Waals surface area (Å²) in [6, 6.07) is 0. The van der Waals surface area contributed by atoms with Crippen LogP contribution in [-0.2, 0) is 42.1 Å². The molecule has 0 saturated heterocycles. The second-order valence-corrected chi connectivity index (χ2v) is 7.35. The van der Waals surface area contributed by atoms with E-state index in [0.717, 1.165) is 17.8 Å². The zero-order chi connectivity index (χ0) is 14.2. The molecule has 0 nitrogen and oxygen atoms in total. The predicted octanol–water partition coefficient (Wildman–Crippen LogP) is 6.52.